The van der Waals surface area contributed by atoms with Gasteiger partial charge in [0, 0.05) is 11.1 Å². The van der Waals surface area contributed by atoms with Crippen LogP contribution in [0.3, 0.4) is 0 Å². The highest BCUT2D eigenvalue weighted by atomic mass is 32.1. The first-order valence-electron chi connectivity index (χ1n) is 7.09. The molecular weight excluding hydrogens is 260 g/mol. The Balaban J connectivity index is 2.06. The van der Waals surface area contributed by atoms with Crippen molar-refractivity contribution in [3.8, 4) is 0 Å². The van der Waals surface area contributed by atoms with Gasteiger partial charge in [-0.3, -0.25) is 14.7 Å². The van der Waals surface area contributed by atoms with E-state index in [9.17, 15) is 4.79 Å². The lowest BCUT2D eigenvalue weighted by Gasteiger charge is -2.29. The maximum atomic E-state index is 11.8. The van der Waals surface area contributed by atoms with Crippen LogP contribution in [0.2, 0.25) is 0 Å². The lowest BCUT2D eigenvalue weighted by atomic mass is 10.1. The van der Waals surface area contributed by atoms with Gasteiger partial charge >= 0.3 is 5.97 Å². The molecule has 0 spiro atoms. The van der Waals surface area contributed by atoms with Crippen LogP contribution in [-0.4, -0.2) is 35.5 Å². The van der Waals surface area contributed by atoms with Gasteiger partial charge in [0.25, 0.3) is 0 Å². The van der Waals surface area contributed by atoms with Crippen LogP contribution in [0.1, 0.15) is 49.9 Å². The second kappa shape index (κ2) is 7.60. The topological polar surface area (TPSA) is 42.4 Å². The van der Waals surface area contributed by atoms with E-state index in [2.05, 4.69) is 9.88 Å². The van der Waals surface area contributed by atoms with Crippen molar-refractivity contribution < 1.29 is 9.53 Å². The number of carbonyl (C=O) groups is 1. The van der Waals surface area contributed by atoms with E-state index < -0.39 is 0 Å². The predicted octanol–water partition coefficient (Wildman–Crippen LogP) is 3.01. The molecule has 1 aromatic heterocycles. The molecule has 0 aromatic carbocycles. The Morgan fingerprint density at radius 1 is 1.42 bits per heavy atom. The molecule has 0 amide bonds. The van der Waals surface area contributed by atoms with E-state index in [0.29, 0.717) is 13.0 Å². The number of hydrogen-bond donors (Lipinski definition) is 0. The largest absolute Gasteiger partial charge is 0.466 e. The van der Waals surface area contributed by atoms with Gasteiger partial charge in [0.15, 0.2) is 0 Å². The van der Waals surface area contributed by atoms with Crippen LogP contribution in [-0.2, 0) is 9.53 Å². The molecule has 0 radical (unpaired) electrons. The summed E-state index contributed by atoms with van der Waals surface area (Å²) in [6.45, 7) is 4.45. The van der Waals surface area contributed by atoms with Gasteiger partial charge in [-0.1, -0.05) is 12.8 Å². The first-order valence-corrected chi connectivity index (χ1v) is 7.97. The van der Waals surface area contributed by atoms with E-state index in [-0.39, 0.29) is 12.0 Å². The summed E-state index contributed by atoms with van der Waals surface area (Å²) in [7, 11) is 0. The zero-order valence-electron chi connectivity index (χ0n) is 11.5. The average Bonchev–Trinajstić information content (AvgIpc) is 2.79. The van der Waals surface area contributed by atoms with Gasteiger partial charge in [-0.25, -0.2) is 0 Å². The maximum Gasteiger partial charge on any atom is 0.307 e. The molecule has 1 aliphatic heterocycles. The molecule has 0 N–H and O–H groups in total. The van der Waals surface area contributed by atoms with Crippen molar-refractivity contribution in [3.63, 3.8) is 0 Å². The Morgan fingerprint density at radius 3 is 2.74 bits per heavy atom. The normalized spacial score (nSPS) is 18.8. The number of hydrogen-bond acceptors (Lipinski definition) is 5. The van der Waals surface area contributed by atoms with E-state index in [1.807, 2.05) is 18.6 Å². The van der Waals surface area contributed by atoms with Crippen molar-refractivity contribution in [2.45, 2.75) is 45.1 Å². The zero-order chi connectivity index (χ0) is 13.5. The Bertz CT molecular complexity index is 373. The minimum atomic E-state index is -0.106. The Morgan fingerprint density at radius 2 is 2.16 bits per heavy atom. The van der Waals surface area contributed by atoms with Gasteiger partial charge in [-0.15, -0.1) is 11.3 Å². The maximum absolute atomic E-state index is 11.8. The summed E-state index contributed by atoms with van der Waals surface area (Å²) in [5.41, 5.74) is 1.84. The van der Waals surface area contributed by atoms with Gasteiger partial charge in [-0.05, 0) is 32.9 Å². The van der Waals surface area contributed by atoms with Crippen molar-refractivity contribution in [2.75, 3.05) is 19.7 Å². The Kier molecular flexibility index (Phi) is 5.79. The lowest BCUT2D eigenvalue weighted by Crippen LogP contribution is -2.31. The average molecular weight is 282 g/mol. The van der Waals surface area contributed by atoms with Gasteiger partial charge in [0.05, 0.1) is 24.6 Å². The Labute approximate surface area is 118 Å². The highest BCUT2D eigenvalue weighted by Gasteiger charge is 2.25. The number of esters is 1. The number of likely N-dealkylation sites (tertiary alicyclic amines) is 1. The van der Waals surface area contributed by atoms with E-state index in [0.717, 1.165) is 13.1 Å². The number of rotatable bonds is 5. The molecule has 1 saturated heterocycles. The molecule has 1 aliphatic rings. The minimum Gasteiger partial charge on any atom is -0.466 e. The summed E-state index contributed by atoms with van der Waals surface area (Å²) in [5, 5.41) is 0. The third-order valence-electron chi connectivity index (χ3n) is 3.53. The third-order valence-corrected chi connectivity index (χ3v) is 4.40. The quantitative estimate of drug-likeness (QED) is 0.779. The van der Waals surface area contributed by atoms with Gasteiger partial charge in [0.1, 0.15) is 0 Å². The van der Waals surface area contributed by atoms with Crippen LogP contribution < -0.4 is 0 Å². The molecule has 4 nitrogen and oxygen atoms in total. The summed E-state index contributed by atoms with van der Waals surface area (Å²) in [4.78, 5) is 19.6. The van der Waals surface area contributed by atoms with Crippen LogP contribution in [0.4, 0.5) is 0 Å². The van der Waals surface area contributed by atoms with Crippen LogP contribution >= 0.6 is 11.3 Å². The molecule has 1 fully saturated rings. The molecule has 0 aliphatic carbocycles. The predicted molar refractivity (Wildman–Crippen MR) is 76.1 cm³/mol. The fourth-order valence-electron chi connectivity index (χ4n) is 2.58. The summed E-state index contributed by atoms with van der Waals surface area (Å²) in [6, 6.07) is 0.143. The van der Waals surface area contributed by atoms with Gasteiger partial charge in [-0.2, -0.15) is 0 Å². The van der Waals surface area contributed by atoms with Crippen LogP contribution in [0.25, 0.3) is 0 Å². The zero-order valence-corrected chi connectivity index (χ0v) is 12.3. The number of nitrogens with zero attached hydrogens (tertiary/aromatic N) is 2. The molecule has 0 bridgehead atoms. The van der Waals surface area contributed by atoms with E-state index in [1.165, 1.54) is 30.6 Å². The standard InChI is InChI=1S/C14H22N2O2S/c1-2-18-14(17)9-12(13-10-15-11-19-13)16-7-5-3-4-6-8-16/h10-12H,2-9H2,1H3. The second-order valence-corrected chi connectivity index (χ2v) is 5.80. The molecular formula is C14H22N2O2S. The van der Waals surface area contributed by atoms with E-state index in [4.69, 9.17) is 4.74 Å². The SMILES string of the molecule is CCOC(=O)CC(c1cncs1)N1CCCCCC1. The van der Waals surface area contributed by atoms with Crippen molar-refractivity contribution >= 4 is 17.3 Å². The van der Waals surface area contributed by atoms with Crippen molar-refractivity contribution in [1.82, 2.24) is 9.88 Å². The second-order valence-electron chi connectivity index (χ2n) is 4.88. The van der Waals surface area contributed by atoms with Crippen LogP contribution in [0.5, 0.6) is 0 Å². The monoisotopic (exact) mass is 282 g/mol. The molecule has 19 heavy (non-hydrogen) atoms. The van der Waals surface area contributed by atoms with Gasteiger partial charge in [0.2, 0.25) is 0 Å². The highest BCUT2D eigenvalue weighted by Crippen LogP contribution is 2.29. The van der Waals surface area contributed by atoms with Crippen LogP contribution in [0, 0.1) is 0 Å². The molecule has 2 heterocycles. The number of thiazole rings is 1. The smallest absolute Gasteiger partial charge is 0.307 e. The molecule has 0 saturated carbocycles. The Hall–Kier alpha value is -0.940. The van der Waals surface area contributed by atoms with Crippen molar-refractivity contribution in [2.24, 2.45) is 0 Å². The summed E-state index contributed by atoms with van der Waals surface area (Å²) in [6.07, 6.45) is 7.36. The fourth-order valence-corrected chi connectivity index (χ4v) is 3.34. The first kappa shape index (κ1) is 14.5. The number of ether oxygens (including phenoxy) is 1. The summed E-state index contributed by atoms with van der Waals surface area (Å²) < 4.78 is 5.11. The van der Waals surface area contributed by atoms with Crippen molar-refractivity contribution in [1.29, 1.82) is 0 Å². The van der Waals surface area contributed by atoms with Gasteiger partial charge < -0.3 is 4.74 Å². The molecule has 1 aromatic rings. The number of carbonyl (C=O) groups excluding carboxylic acids is 1. The molecule has 1 atom stereocenters. The number of aromatic nitrogens is 1. The summed E-state index contributed by atoms with van der Waals surface area (Å²) >= 11 is 1.63. The van der Waals surface area contributed by atoms with E-state index >= 15 is 0 Å². The first-order chi connectivity index (χ1) is 9.31. The molecule has 1 unspecified atom stereocenters. The lowest BCUT2D eigenvalue weighted by molar-refractivity contribution is -0.144. The molecule has 2 rings (SSSR count). The van der Waals surface area contributed by atoms with Crippen molar-refractivity contribution in [3.05, 3.63) is 16.6 Å². The van der Waals surface area contributed by atoms with Crippen LogP contribution in [0.15, 0.2) is 11.7 Å². The molecule has 106 valence electrons. The highest BCUT2D eigenvalue weighted by molar-refractivity contribution is 7.09. The third kappa shape index (κ3) is 4.28. The summed E-state index contributed by atoms with van der Waals surface area (Å²) in [5.74, 6) is -0.106. The molecule has 5 heteroatoms. The van der Waals surface area contributed by atoms with E-state index in [1.54, 1.807) is 11.3 Å². The minimum absolute atomic E-state index is 0.106. The fraction of sp³-hybridized carbons (Fsp3) is 0.714.